The van der Waals surface area contributed by atoms with Crippen molar-refractivity contribution in [3.8, 4) is 17.6 Å². The van der Waals surface area contributed by atoms with E-state index in [0.29, 0.717) is 28.9 Å². The standard InChI is InChI=1S/C15H16N2O3/c1-10(2)14-8-17-15(20-14)9-19-12-5-4-11(7-16)6-13(12)18-3/h4-6,8,10H,9H2,1-3H3. The second-order valence-corrected chi connectivity index (χ2v) is 4.58. The summed E-state index contributed by atoms with van der Waals surface area (Å²) in [6.45, 7) is 4.29. The molecule has 0 atom stereocenters. The lowest BCUT2D eigenvalue weighted by Gasteiger charge is -2.09. The van der Waals surface area contributed by atoms with Crippen LogP contribution in [0.1, 0.15) is 37.0 Å². The molecule has 0 fully saturated rings. The molecule has 0 spiro atoms. The molecule has 104 valence electrons. The van der Waals surface area contributed by atoms with Crippen molar-refractivity contribution in [1.29, 1.82) is 5.26 Å². The number of aromatic nitrogens is 1. The second kappa shape index (κ2) is 6.11. The van der Waals surface area contributed by atoms with E-state index < -0.39 is 0 Å². The quantitative estimate of drug-likeness (QED) is 0.835. The molecule has 0 N–H and O–H groups in total. The highest BCUT2D eigenvalue weighted by Crippen LogP contribution is 2.28. The predicted molar refractivity (Wildman–Crippen MR) is 72.6 cm³/mol. The van der Waals surface area contributed by atoms with Crippen molar-refractivity contribution in [2.75, 3.05) is 7.11 Å². The Morgan fingerprint density at radius 3 is 2.75 bits per heavy atom. The van der Waals surface area contributed by atoms with E-state index in [9.17, 15) is 0 Å². The Bertz CT molecular complexity index is 626. The largest absolute Gasteiger partial charge is 0.493 e. The van der Waals surface area contributed by atoms with E-state index in [4.69, 9.17) is 19.2 Å². The minimum absolute atomic E-state index is 0.217. The third-order valence-electron chi connectivity index (χ3n) is 2.78. The zero-order valence-corrected chi connectivity index (χ0v) is 11.7. The van der Waals surface area contributed by atoms with Crippen LogP contribution in [0.15, 0.2) is 28.8 Å². The van der Waals surface area contributed by atoms with Gasteiger partial charge in [0, 0.05) is 12.0 Å². The van der Waals surface area contributed by atoms with Crippen LogP contribution in [0.25, 0.3) is 0 Å². The van der Waals surface area contributed by atoms with Crippen LogP contribution < -0.4 is 9.47 Å². The summed E-state index contributed by atoms with van der Waals surface area (Å²) < 4.78 is 16.4. The van der Waals surface area contributed by atoms with Crippen LogP contribution in [-0.2, 0) is 6.61 Å². The topological polar surface area (TPSA) is 68.3 Å². The molecule has 0 saturated carbocycles. The van der Waals surface area contributed by atoms with Crippen LogP contribution in [0.5, 0.6) is 11.5 Å². The minimum atomic E-state index is 0.217. The molecule has 0 aliphatic carbocycles. The molecule has 1 aromatic heterocycles. The fraction of sp³-hybridized carbons (Fsp3) is 0.333. The van der Waals surface area contributed by atoms with Gasteiger partial charge < -0.3 is 13.9 Å². The number of nitriles is 1. The second-order valence-electron chi connectivity index (χ2n) is 4.58. The number of hydrogen-bond donors (Lipinski definition) is 0. The molecule has 1 aromatic carbocycles. The highest BCUT2D eigenvalue weighted by Gasteiger charge is 2.10. The Hall–Kier alpha value is -2.48. The van der Waals surface area contributed by atoms with E-state index in [1.807, 2.05) is 13.8 Å². The average Bonchev–Trinajstić information content (AvgIpc) is 2.94. The van der Waals surface area contributed by atoms with Gasteiger partial charge in [0.05, 0.1) is 24.9 Å². The normalized spacial score (nSPS) is 10.3. The maximum Gasteiger partial charge on any atom is 0.232 e. The molecule has 0 radical (unpaired) electrons. The van der Waals surface area contributed by atoms with Gasteiger partial charge in [0.1, 0.15) is 5.76 Å². The number of oxazole rings is 1. The smallest absolute Gasteiger partial charge is 0.232 e. The molecule has 0 amide bonds. The number of ether oxygens (including phenoxy) is 2. The van der Waals surface area contributed by atoms with Crippen molar-refractivity contribution in [2.24, 2.45) is 0 Å². The third kappa shape index (κ3) is 3.09. The molecule has 1 heterocycles. The maximum atomic E-state index is 8.84. The summed E-state index contributed by atoms with van der Waals surface area (Å²) in [6, 6.07) is 7.05. The molecule has 5 nitrogen and oxygen atoms in total. The zero-order valence-electron chi connectivity index (χ0n) is 11.7. The number of benzene rings is 1. The predicted octanol–water partition coefficient (Wildman–Crippen LogP) is 3.26. The van der Waals surface area contributed by atoms with Crippen LogP contribution >= 0.6 is 0 Å². The molecule has 0 aliphatic heterocycles. The van der Waals surface area contributed by atoms with Gasteiger partial charge in [0.2, 0.25) is 5.89 Å². The lowest BCUT2D eigenvalue weighted by Crippen LogP contribution is -1.98. The van der Waals surface area contributed by atoms with E-state index in [0.717, 1.165) is 5.76 Å². The van der Waals surface area contributed by atoms with Crippen LogP contribution in [-0.4, -0.2) is 12.1 Å². The first-order chi connectivity index (χ1) is 9.63. The minimum Gasteiger partial charge on any atom is -0.493 e. The molecule has 0 aliphatic rings. The van der Waals surface area contributed by atoms with Crippen LogP contribution in [0.4, 0.5) is 0 Å². The first-order valence-electron chi connectivity index (χ1n) is 6.29. The van der Waals surface area contributed by atoms with Gasteiger partial charge in [-0.3, -0.25) is 0 Å². The summed E-state index contributed by atoms with van der Waals surface area (Å²) in [4.78, 5) is 4.16. The van der Waals surface area contributed by atoms with Gasteiger partial charge in [-0.05, 0) is 12.1 Å². The van der Waals surface area contributed by atoms with Gasteiger partial charge in [0.25, 0.3) is 0 Å². The van der Waals surface area contributed by atoms with Crippen molar-refractivity contribution in [3.63, 3.8) is 0 Å². The monoisotopic (exact) mass is 272 g/mol. The Morgan fingerprint density at radius 2 is 2.15 bits per heavy atom. The summed E-state index contributed by atoms with van der Waals surface area (Å²) in [5, 5.41) is 8.84. The molecule has 0 saturated heterocycles. The van der Waals surface area contributed by atoms with Crippen molar-refractivity contribution in [2.45, 2.75) is 26.4 Å². The highest BCUT2D eigenvalue weighted by molar-refractivity contribution is 5.46. The van der Waals surface area contributed by atoms with Gasteiger partial charge in [-0.1, -0.05) is 13.8 Å². The molecular weight excluding hydrogens is 256 g/mol. The first kappa shape index (κ1) is 13.9. The van der Waals surface area contributed by atoms with Crippen LogP contribution in [0.3, 0.4) is 0 Å². The van der Waals surface area contributed by atoms with Gasteiger partial charge in [-0.25, -0.2) is 4.98 Å². The summed E-state index contributed by atoms with van der Waals surface area (Å²) in [5.74, 6) is 2.70. The molecule has 0 unspecified atom stereocenters. The molecule has 5 heteroatoms. The Balaban J connectivity index is 2.08. The molecule has 2 rings (SSSR count). The van der Waals surface area contributed by atoms with Crippen LogP contribution in [0.2, 0.25) is 0 Å². The van der Waals surface area contributed by atoms with Gasteiger partial charge in [0.15, 0.2) is 18.1 Å². The fourth-order valence-corrected chi connectivity index (χ4v) is 1.65. The number of rotatable bonds is 5. The lowest BCUT2D eigenvalue weighted by atomic mass is 10.2. The van der Waals surface area contributed by atoms with Crippen molar-refractivity contribution in [1.82, 2.24) is 4.98 Å². The summed E-state index contributed by atoms with van der Waals surface area (Å²) >= 11 is 0. The van der Waals surface area contributed by atoms with E-state index in [2.05, 4.69) is 11.1 Å². The molecule has 2 aromatic rings. The van der Waals surface area contributed by atoms with Crippen molar-refractivity contribution < 1.29 is 13.9 Å². The van der Waals surface area contributed by atoms with E-state index in [-0.39, 0.29) is 6.61 Å². The Labute approximate surface area is 117 Å². The molecule has 20 heavy (non-hydrogen) atoms. The number of nitrogens with zero attached hydrogens (tertiary/aromatic N) is 2. The number of hydrogen-bond acceptors (Lipinski definition) is 5. The van der Waals surface area contributed by atoms with Gasteiger partial charge >= 0.3 is 0 Å². The number of methoxy groups -OCH3 is 1. The van der Waals surface area contributed by atoms with Crippen LogP contribution in [0, 0.1) is 11.3 Å². The first-order valence-corrected chi connectivity index (χ1v) is 6.29. The van der Waals surface area contributed by atoms with Gasteiger partial charge in [-0.15, -0.1) is 0 Å². The summed E-state index contributed by atoms with van der Waals surface area (Å²) in [5.41, 5.74) is 0.521. The third-order valence-corrected chi connectivity index (χ3v) is 2.78. The molecular formula is C15H16N2O3. The average molecular weight is 272 g/mol. The summed E-state index contributed by atoms with van der Waals surface area (Å²) in [6.07, 6.45) is 1.71. The SMILES string of the molecule is COc1cc(C#N)ccc1OCc1ncc(C(C)C)o1. The summed E-state index contributed by atoms with van der Waals surface area (Å²) in [7, 11) is 1.53. The molecule has 0 bridgehead atoms. The Morgan fingerprint density at radius 1 is 1.35 bits per heavy atom. The van der Waals surface area contributed by atoms with Crippen molar-refractivity contribution in [3.05, 3.63) is 41.6 Å². The lowest BCUT2D eigenvalue weighted by molar-refractivity contribution is 0.245. The van der Waals surface area contributed by atoms with E-state index in [1.54, 1.807) is 24.4 Å². The van der Waals surface area contributed by atoms with Crippen molar-refractivity contribution >= 4 is 0 Å². The van der Waals surface area contributed by atoms with Gasteiger partial charge in [-0.2, -0.15) is 5.26 Å². The Kier molecular flexibility index (Phi) is 4.26. The zero-order chi connectivity index (χ0) is 14.5. The maximum absolute atomic E-state index is 8.84. The fourth-order valence-electron chi connectivity index (χ4n) is 1.65. The van der Waals surface area contributed by atoms with E-state index in [1.165, 1.54) is 7.11 Å². The highest BCUT2D eigenvalue weighted by atomic mass is 16.5. The van der Waals surface area contributed by atoms with E-state index >= 15 is 0 Å².